The highest BCUT2D eigenvalue weighted by atomic mass is 16.5. The van der Waals surface area contributed by atoms with Crippen molar-refractivity contribution in [1.29, 1.82) is 0 Å². The lowest BCUT2D eigenvalue weighted by Crippen LogP contribution is -2.33. The van der Waals surface area contributed by atoms with Crippen LogP contribution in [0.3, 0.4) is 0 Å². The molecule has 0 bridgehead atoms. The lowest BCUT2D eigenvalue weighted by atomic mass is 10.0. The molecular formula is C21H29NO3. The van der Waals surface area contributed by atoms with E-state index in [-0.39, 0.29) is 6.10 Å². The van der Waals surface area contributed by atoms with Crippen molar-refractivity contribution in [3.63, 3.8) is 0 Å². The molecule has 0 heterocycles. The number of likely N-dealkylation sites (N-methyl/N-ethyl adjacent to an activating group) is 1. The van der Waals surface area contributed by atoms with Crippen molar-refractivity contribution in [2.24, 2.45) is 0 Å². The van der Waals surface area contributed by atoms with E-state index in [0.717, 1.165) is 24.1 Å². The monoisotopic (exact) mass is 343 g/mol. The van der Waals surface area contributed by atoms with Crippen molar-refractivity contribution in [3.05, 3.63) is 71.8 Å². The molecule has 0 amide bonds. The minimum Gasteiger partial charge on any atom is -0.389 e. The van der Waals surface area contributed by atoms with E-state index in [4.69, 9.17) is 9.47 Å². The zero-order valence-corrected chi connectivity index (χ0v) is 15.2. The van der Waals surface area contributed by atoms with E-state index in [0.29, 0.717) is 19.8 Å². The van der Waals surface area contributed by atoms with E-state index in [1.54, 1.807) is 7.11 Å². The summed E-state index contributed by atoms with van der Waals surface area (Å²) in [6.07, 6.45) is 0.413. The van der Waals surface area contributed by atoms with Crippen LogP contribution < -0.4 is 0 Å². The molecule has 4 heteroatoms. The van der Waals surface area contributed by atoms with Gasteiger partial charge in [-0.2, -0.15) is 0 Å². The number of ether oxygens (including phenoxy) is 2. The highest BCUT2D eigenvalue weighted by Crippen LogP contribution is 2.25. The number of hydrogen-bond acceptors (Lipinski definition) is 4. The molecule has 0 fully saturated rings. The van der Waals surface area contributed by atoms with E-state index in [2.05, 4.69) is 29.2 Å². The van der Waals surface area contributed by atoms with Gasteiger partial charge in [0.05, 0.1) is 12.7 Å². The quantitative estimate of drug-likeness (QED) is 0.637. The highest BCUT2D eigenvalue weighted by Gasteiger charge is 2.14. The Bertz CT molecular complexity index is 537. The molecule has 0 saturated carbocycles. The molecule has 1 unspecified atom stereocenters. The summed E-state index contributed by atoms with van der Waals surface area (Å²) in [5, 5.41) is 9.76. The van der Waals surface area contributed by atoms with Gasteiger partial charge < -0.3 is 19.5 Å². The van der Waals surface area contributed by atoms with E-state index in [9.17, 15) is 5.11 Å². The van der Waals surface area contributed by atoms with E-state index >= 15 is 0 Å². The van der Waals surface area contributed by atoms with Crippen molar-refractivity contribution in [2.75, 3.05) is 40.5 Å². The SMILES string of the molecule is COCC(O)CN(C)CCCOC(c1ccccc1)c1ccccc1. The van der Waals surface area contributed by atoms with Crippen molar-refractivity contribution in [2.45, 2.75) is 18.6 Å². The fourth-order valence-electron chi connectivity index (χ4n) is 2.87. The summed E-state index contributed by atoms with van der Waals surface area (Å²) < 4.78 is 11.2. The van der Waals surface area contributed by atoms with Crippen LogP contribution >= 0.6 is 0 Å². The first-order valence-electron chi connectivity index (χ1n) is 8.77. The first-order valence-corrected chi connectivity index (χ1v) is 8.77. The van der Waals surface area contributed by atoms with E-state index in [1.165, 1.54) is 0 Å². The van der Waals surface area contributed by atoms with Gasteiger partial charge in [-0.1, -0.05) is 60.7 Å². The highest BCUT2D eigenvalue weighted by molar-refractivity contribution is 5.29. The molecule has 0 saturated heterocycles. The van der Waals surface area contributed by atoms with Gasteiger partial charge in [-0.05, 0) is 24.6 Å². The molecule has 0 spiro atoms. The Morgan fingerprint density at radius 3 is 2.04 bits per heavy atom. The second-order valence-corrected chi connectivity index (χ2v) is 6.30. The Balaban J connectivity index is 1.85. The zero-order valence-electron chi connectivity index (χ0n) is 15.2. The van der Waals surface area contributed by atoms with Crippen LogP contribution in [-0.4, -0.2) is 56.6 Å². The first kappa shape index (κ1) is 19.6. The summed E-state index contributed by atoms with van der Waals surface area (Å²) >= 11 is 0. The van der Waals surface area contributed by atoms with Gasteiger partial charge in [0.1, 0.15) is 6.10 Å². The molecule has 2 rings (SSSR count). The average molecular weight is 343 g/mol. The molecule has 0 aromatic heterocycles. The molecule has 1 atom stereocenters. The molecular weight excluding hydrogens is 314 g/mol. The summed E-state index contributed by atoms with van der Waals surface area (Å²) in [7, 11) is 3.61. The topological polar surface area (TPSA) is 41.9 Å². The lowest BCUT2D eigenvalue weighted by molar-refractivity contribution is 0.0374. The van der Waals surface area contributed by atoms with Gasteiger partial charge in [-0.15, -0.1) is 0 Å². The Labute approximate surface area is 151 Å². The number of hydrogen-bond donors (Lipinski definition) is 1. The minimum absolute atomic E-state index is 0.0493. The average Bonchev–Trinajstić information content (AvgIpc) is 2.63. The van der Waals surface area contributed by atoms with Gasteiger partial charge in [0.15, 0.2) is 0 Å². The molecule has 4 nitrogen and oxygen atoms in total. The molecule has 1 N–H and O–H groups in total. The van der Waals surface area contributed by atoms with Crippen molar-refractivity contribution in [3.8, 4) is 0 Å². The Hall–Kier alpha value is -1.72. The van der Waals surface area contributed by atoms with Gasteiger partial charge in [0.25, 0.3) is 0 Å². The molecule has 136 valence electrons. The van der Waals surface area contributed by atoms with Crippen LogP contribution in [0.1, 0.15) is 23.7 Å². The van der Waals surface area contributed by atoms with Gasteiger partial charge in [0.2, 0.25) is 0 Å². The van der Waals surface area contributed by atoms with Crippen molar-refractivity contribution >= 4 is 0 Å². The number of benzene rings is 2. The van der Waals surface area contributed by atoms with Crippen LogP contribution in [0.2, 0.25) is 0 Å². The van der Waals surface area contributed by atoms with Crippen LogP contribution in [0.15, 0.2) is 60.7 Å². The molecule has 2 aromatic carbocycles. The maximum Gasteiger partial charge on any atom is 0.108 e. The minimum atomic E-state index is -0.447. The smallest absolute Gasteiger partial charge is 0.108 e. The van der Waals surface area contributed by atoms with Crippen molar-refractivity contribution < 1.29 is 14.6 Å². The third kappa shape index (κ3) is 6.96. The van der Waals surface area contributed by atoms with Gasteiger partial charge in [0, 0.05) is 26.8 Å². The maximum absolute atomic E-state index is 9.76. The predicted molar refractivity (Wildman–Crippen MR) is 101 cm³/mol. The van der Waals surface area contributed by atoms with Gasteiger partial charge in [-0.25, -0.2) is 0 Å². The summed E-state index contributed by atoms with van der Waals surface area (Å²) in [5.41, 5.74) is 2.33. The molecule has 25 heavy (non-hydrogen) atoms. The number of nitrogens with zero attached hydrogens (tertiary/aromatic N) is 1. The normalized spacial score (nSPS) is 12.7. The van der Waals surface area contributed by atoms with Gasteiger partial charge >= 0.3 is 0 Å². The number of rotatable bonds is 11. The fourth-order valence-corrected chi connectivity index (χ4v) is 2.87. The number of aliphatic hydroxyl groups is 1. The number of methoxy groups -OCH3 is 1. The molecule has 0 aliphatic heterocycles. The Morgan fingerprint density at radius 2 is 1.52 bits per heavy atom. The van der Waals surface area contributed by atoms with E-state index in [1.807, 2.05) is 43.4 Å². The maximum atomic E-state index is 9.76. The first-order chi connectivity index (χ1) is 12.2. The van der Waals surface area contributed by atoms with Crippen LogP contribution in [0.4, 0.5) is 0 Å². The van der Waals surface area contributed by atoms with Gasteiger partial charge in [-0.3, -0.25) is 0 Å². The Morgan fingerprint density at radius 1 is 0.960 bits per heavy atom. The summed E-state index contributed by atoms with van der Waals surface area (Å²) in [6, 6.07) is 20.6. The standard InChI is InChI=1S/C21H29NO3/c1-22(16-20(23)17-24-2)14-9-15-25-21(18-10-5-3-6-11-18)19-12-7-4-8-13-19/h3-8,10-13,20-21,23H,9,14-17H2,1-2H3. The molecule has 2 aromatic rings. The molecule has 0 aliphatic carbocycles. The third-order valence-corrected chi connectivity index (χ3v) is 4.05. The van der Waals surface area contributed by atoms with E-state index < -0.39 is 6.10 Å². The summed E-state index contributed by atoms with van der Waals surface area (Å²) in [6.45, 7) is 2.51. The third-order valence-electron chi connectivity index (χ3n) is 4.05. The number of aliphatic hydroxyl groups excluding tert-OH is 1. The zero-order chi connectivity index (χ0) is 17.9. The lowest BCUT2D eigenvalue weighted by Gasteiger charge is -2.22. The largest absolute Gasteiger partial charge is 0.389 e. The van der Waals surface area contributed by atoms with Crippen molar-refractivity contribution in [1.82, 2.24) is 4.90 Å². The summed E-state index contributed by atoms with van der Waals surface area (Å²) in [4.78, 5) is 2.10. The second kappa shape index (κ2) is 11.0. The second-order valence-electron chi connectivity index (χ2n) is 6.30. The summed E-state index contributed by atoms with van der Waals surface area (Å²) in [5.74, 6) is 0. The Kier molecular flexibility index (Phi) is 8.63. The van der Waals surface area contributed by atoms with Crippen LogP contribution in [0.25, 0.3) is 0 Å². The predicted octanol–water partition coefficient (Wildman–Crippen LogP) is 3.12. The fraction of sp³-hybridized carbons (Fsp3) is 0.429. The van der Waals surface area contributed by atoms with Crippen LogP contribution in [-0.2, 0) is 9.47 Å². The van der Waals surface area contributed by atoms with Crippen LogP contribution in [0, 0.1) is 0 Å². The molecule has 0 aliphatic rings. The van der Waals surface area contributed by atoms with Crippen LogP contribution in [0.5, 0.6) is 0 Å². The molecule has 0 radical (unpaired) electrons.